The predicted octanol–water partition coefficient (Wildman–Crippen LogP) is 5.16. The van der Waals surface area contributed by atoms with Crippen LogP contribution < -0.4 is 4.90 Å². The predicted molar refractivity (Wildman–Crippen MR) is 138 cm³/mol. The second-order valence-corrected chi connectivity index (χ2v) is 10.7. The molecule has 1 amide bonds. The monoisotopic (exact) mass is 476 g/mol. The summed E-state index contributed by atoms with van der Waals surface area (Å²) in [5, 5.41) is 9.31. The number of halogens is 1. The number of anilines is 1. The van der Waals surface area contributed by atoms with Crippen molar-refractivity contribution in [1.82, 2.24) is 9.80 Å². The highest BCUT2D eigenvalue weighted by molar-refractivity contribution is 5.54. The molecule has 0 heterocycles. The van der Waals surface area contributed by atoms with E-state index in [1.807, 2.05) is 13.1 Å². The number of nitrogens with zero attached hydrogens (tertiary/aromatic N) is 4. The first-order valence-electron chi connectivity index (χ1n) is 12.7. The van der Waals surface area contributed by atoms with Crippen molar-refractivity contribution >= 4 is 12.1 Å². The quantitative estimate of drug-likeness (QED) is 0.469. The number of likely N-dealkylation sites (N-methyl/N-ethyl adjacent to an activating group) is 1. The van der Waals surface area contributed by atoms with Gasteiger partial charge < -0.3 is 9.80 Å². The van der Waals surface area contributed by atoms with Gasteiger partial charge in [-0.2, -0.15) is 5.26 Å². The lowest BCUT2D eigenvalue weighted by Crippen LogP contribution is -2.61. The first kappa shape index (κ1) is 25.2. The van der Waals surface area contributed by atoms with E-state index >= 15 is 0 Å². The van der Waals surface area contributed by atoms with E-state index in [9.17, 15) is 14.4 Å². The highest BCUT2D eigenvalue weighted by Gasteiger charge is 2.48. The summed E-state index contributed by atoms with van der Waals surface area (Å²) in [5.41, 5.74) is 1.77. The van der Waals surface area contributed by atoms with Gasteiger partial charge in [0, 0.05) is 31.4 Å². The van der Waals surface area contributed by atoms with Crippen molar-refractivity contribution in [2.24, 2.45) is 5.92 Å². The number of rotatable bonds is 9. The number of nitriles is 1. The van der Waals surface area contributed by atoms with Gasteiger partial charge in [0.15, 0.2) is 0 Å². The fourth-order valence-electron chi connectivity index (χ4n) is 6.08. The summed E-state index contributed by atoms with van der Waals surface area (Å²) in [6.45, 7) is 1.44. The van der Waals surface area contributed by atoms with Crippen molar-refractivity contribution in [3.8, 4) is 6.07 Å². The van der Waals surface area contributed by atoms with Gasteiger partial charge in [-0.1, -0.05) is 36.8 Å². The molecule has 2 saturated carbocycles. The average molecular weight is 477 g/mol. The van der Waals surface area contributed by atoms with Crippen LogP contribution in [0.25, 0.3) is 0 Å². The first-order chi connectivity index (χ1) is 16.8. The van der Waals surface area contributed by atoms with E-state index in [1.165, 1.54) is 30.9 Å². The molecule has 2 aliphatic rings. The molecule has 0 spiro atoms. The molecule has 0 aliphatic heterocycles. The molecule has 2 aromatic carbocycles. The summed E-state index contributed by atoms with van der Waals surface area (Å²) in [4.78, 5) is 19.0. The Kier molecular flexibility index (Phi) is 7.47. The van der Waals surface area contributed by atoms with Gasteiger partial charge in [0.2, 0.25) is 6.41 Å². The van der Waals surface area contributed by atoms with Crippen molar-refractivity contribution in [2.45, 2.75) is 56.0 Å². The summed E-state index contributed by atoms with van der Waals surface area (Å²) in [5.74, 6) is 0.0724. The minimum atomic E-state index is -0.504. The fraction of sp³-hybridized carbons (Fsp3) is 0.517. The smallest absolute Gasteiger partial charge is 0.210 e. The molecule has 4 rings (SSSR count). The topological polar surface area (TPSA) is 50.6 Å². The molecule has 6 heteroatoms. The molecule has 0 aromatic heterocycles. The van der Waals surface area contributed by atoms with E-state index in [1.54, 1.807) is 12.1 Å². The molecule has 186 valence electrons. The second kappa shape index (κ2) is 10.4. The van der Waals surface area contributed by atoms with Gasteiger partial charge in [-0.25, -0.2) is 4.39 Å². The summed E-state index contributed by atoms with van der Waals surface area (Å²) in [7, 11) is 6.29. The van der Waals surface area contributed by atoms with Crippen molar-refractivity contribution in [2.75, 3.05) is 39.1 Å². The third kappa shape index (κ3) is 4.92. The highest BCUT2D eigenvalue weighted by atomic mass is 19.1. The first-order valence-corrected chi connectivity index (χ1v) is 12.7. The number of carbonyl (C=O) groups excluding carboxylic acids is 1. The van der Waals surface area contributed by atoms with Crippen LogP contribution in [0.4, 0.5) is 10.1 Å². The summed E-state index contributed by atoms with van der Waals surface area (Å²) >= 11 is 0. The van der Waals surface area contributed by atoms with Gasteiger partial charge in [-0.05, 0) is 82.3 Å². The van der Waals surface area contributed by atoms with Crippen LogP contribution in [-0.4, -0.2) is 56.0 Å². The average Bonchev–Trinajstić information content (AvgIpc) is 2.84. The third-order valence-corrected chi connectivity index (χ3v) is 8.63. The minimum Gasteiger partial charge on any atom is -0.372 e. The Hall–Kier alpha value is -2.91. The number of carbonyl (C=O) groups is 1. The van der Waals surface area contributed by atoms with Crippen LogP contribution in [0, 0.1) is 23.1 Å². The zero-order chi connectivity index (χ0) is 25.1. The van der Waals surface area contributed by atoms with E-state index < -0.39 is 5.82 Å². The van der Waals surface area contributed by atoms with E-state index in [4.69, 9.17) is 0 Å². The molecule has 35 heavy (non-hydrogen) atoms. The molecule has 2 aliphatic carbocycles. The maximum absolute atomic E-state index is 14.0. The number of hydrogen-bond donors (Lipinski definition) is 0. The Labute approximate surface area is 209 Å². The van der Waals surface area contributed by atoms with Crippen molar-refractivity contribution < 1.29 is 9.18 Å². The lowest BCUT2D eigenvalue weighted by atomic mass is 9.67. The van der Waals surface area contributed by atoms with E-state index in [0.717, 1.165) is 44.3 Å². The van der Waals surface area contributed by atoms with E-state index in [-0.39, 0.29) is 16.6 Å². The number of benzene rings is 2. The van der Waals surface area contributed by atoms with Gasteiger partial charge >= 0.3 is 0 Å². The van der Waals surface area contributed by atoms with Gasteiger partial charge in [0.25, 0.3) is 0 Å². The summed E-state index contributed by atoms with van der Waals surface area (Å²) in [6.07, 6.45) is 8.32. The van der Waals surface area contributed by atoms with Crippen molar-refractivity contribution in [3.63, 3.8) is 0 Å². The van der Waals surface area contributed by atoms with Crippen molar-refractivity contribution in [1.29, 1.82) is 5.26 Å². The zero-order valence-corrected chi connectivity index (χ0v) is 21.2. The van der Waals surface area contributed by atoms with Crippen LogP contribution in [0.2, 0.25) is 0 Å². The molecule has 0 bridgehead atoms. The van der Waals surface area contributed by atoms with Crippen LogP contribution in [0.1, 0.15) is 56.1 Å². The molecule has 0 N–H and O–H groups in total. The maximum Gasteiger partial charge on any atom is 0.210 e. The lowest BCUT2D eigenvalue weighted by molar-refractivity contribution is -0.128. The summed E-state index contributed by atoms with van der Waals surface area (Å²) < 4.78 is 14.0. The second-order valence-electron chi connectivity index (χ2n) is 10.7. The maximum atomic E-state index is 14.0. The minimum absolute atomic E-state index is 0.0458. The van der Waals surface area contributed by atoms with E-state index in [2.05, 4.69) is 59.1 Å². The number of hydrogen-bond acceptors (Lipinski definition) is 4. The molecule has 0 saturated heterocycles. The zero-order valence-electron chi connectivity index (χ0n) is 21.2. The van der Waals surface area contributed by atoms with Gasteiger partial charge in [0.05, 0.1) is 11.1 Å². The van der Waals surface area contributed by atoms with Gasteiger partial charge in [0.1, 0.15) is 11.9 Å². The number of amides is 1. The Morgan fingerprint density at radius 3 is 2.29 bits per heavy atom. The Balaban J connectivity index is 1.64. The van der Waals surface area contributed by atoms with E-state index in [0.29, 0.717) is 12.5 Å². The lowest BCUT2D eigenvalue weighted by Gasteiger charge is -2.54. The van der Waals surface area contributed by atoms with Gasteiger partial charge in [-0.15, -0.1) is 0 Å². The molecule has 0 radical (unpaired) electrons. The molecule has 0 unspecified atom stereocenters. The van der Waals surface area contributed by atoms with Crippen LogP contribution in [0.15, 0.2) is 48.5 Å². The molecule has 0 atom stereocenters. The van der Waals surface area contributed by atoms with Crippen LogP contribution in [-0.2, 0) is 10.3 Å². The molecule has 5 nitrogen and oxygen atoms in total. The Morgan fingerprint density at radius 1 is 1.06 bits per heavy atom. The molecule has 2 aromatic rings. The standard InChI is InChI=1S/C29H37FN4O/c1-32(2)29(25-10-5-4-6-11-25)16-14-28(15-17-29,34(22-35)20-23-8-7-9-23)21-33(3)26-12-13-27(30)24(18-26)19-31/h4-6,10-13,18,22-23H,7-9,14-17,20-21H2,1-3H3. The SMILES string of the molecule is CN(CC1(N(C=O)CC2CCC2)CCC(c2ccccc2)(N(C)C)CC1)c1ccc(F)c(C#N)c1. The van der Waals surface area contributed by atoms with Gasteiger partial charge in [-0.3, -0.25) is 9.69 Å². The van der Waals surface area contributed by atoms with Crippen LogP contribution in [0.3, 0.4) is 0 Å². The van der Waals surface area contributed by atoms with Crippen molar-refractivity contribution in [3.05, 3.63) is 65.5 Å². The highest BCUT2D eigenvalue weighted by Crippen LogP contribution is 2.47. The third-order valence-electron chi connectivity index (χ3n) is 8.63. The molecule has 2 fully saturated rings. The normalized spacial score (nSPS) is 24.5. The van der Waals surface area contributed by atoms with Crippen LogP contribution >= 0.6 is 0 Å². The largest absolute Gasteiger partial charge is 0.372 e. The molecular weight excluding hydrogens is 439 g/mol. The summed E-state index contributed by atoms with van der Waals surface area (Å²) in [6, 6.07) is 17.3. The fourth-order valence-corrected chi connectivity index (χ4v) is 6.08. The molecular formula is C29H37FN4O. The van der Waals surface area contributed by atoms with Crippen LogP contribution in [0.5, 0.6) is 0 Å². The Bertz CT molecular complexity index is 1050. The Morgan fingerprint density at radius 2 is 1.74 bits per heavy atom.